The topological polar surface area (TPSA) is 50.9 Å². The molecule has 2 rings (SSSR count). The van der Waals surface area contributed by atoms with E-state index in [0.717, 1.165) is 16.0 Å². The largest absolute Gasteiger partial charge is 0.399 e. The van der Waals surface area contributed by atoms with Gasteiger partial charge in [0.25, 0.3) is 0 Å². The number of aromatic nitrogens is 1. The zero-order chi connectivity index (χ0) is 11.5. The maximum Gasteiger partial charge on any atom is 0.132 e. The van der Waals surface area contributed by atoms with Crippen molar-refractivity contribution in [1.29, 1.82) is 0 Å². The predicted molar refractivity (Wildman–Crippen MR) is 70.8 cm³/mol. The summed E-state index contributed by atoms with van der Waals surface area (Å²) in [5.74, 6) is 0.742. The van der Waals surface area contributed by atoms with Crippen LogP contribution < -0.4 is 11.1 Å². The summed E-state index contributed by atoms with van der Waals surface area (Å²) in [4.78, 5) is 4.19. The van der Waals surface area contributed by atoms with Crippen LogP contribution in [0, 0.1) is 6.92 Å². The van der Waals surface area contributed by atoms with Crippen molar-refractivity contribution < 1.29 is 0 Å². The van der Waals surface area contributed by atoms with Crippen molar-refractivity contribution >= 4 is 33.1 Å². The first-order valence-corrected chi connectivity index (χ1v) is 5.69. The van der Waals surface area contributed by atoms with Crippen LogP contribution in [-0.4, -0.2) is 4.98 Å². The summed E-state index contributed by atoms with van der Waals surface area (Å²) in [6, 6.07) is 9.66. The molecule has 0 spiro atoms. The lowest BCUT2D eigenvalue weighted by atomic mass is 10.2. The molecule has 3 nitrogen and oxygen atoms in total. The number of aryl methyl sites for hydroxylation is 1. The van der Waals surface area contributed by atoms with Gasteiger partial charge in [0.2, 0.25) is 0 Å². The van der Waals surface area contributed by atoms with Gasteiger partial charge in [0.05, 0.1) is 5.69 Å². The van der Waals surface area contributed by atoms with Gasteiger partial charge in [-0.2, -0.15) is 0 Å². The van der Waals surface area contributed by atoms with E-state index >= 15 is 0 Å². The van der Waals surface area contributed by atoms with Crippen molar-refractivity contribution in [1.82, 2.24) is 4.98 Å². The number of nitrogens with two attached hydrogens (primary N) is 1. The first kappa shape index (κ1) is 11.0. The Bertz CT molecular complexity index is 511. The number of benzene rings is 1. The highest BCUT2D eigenvalue weighted by Gasteiger charge is 2.01. The molecule has 0 aliphatic rings. The lowest BCUT2D eigenvalue weighted by Crippen LogP contribution is -1.96. The lowest BCUT2D eigenvalue weighted by Gasteiger charge is -2.08. The van der Waals surface area contributed by atoms with Gasteiger partial charge in [-0.3, -0.25) is 0 Å². The Hall–Kier alpha value is -1.55. The molecule has 82 valence electrons. The first-order chi connectivity index (χ1) is 7.65. The molecule has 0 atom stereocenters. The maximum absolute atomic E-state index is 5.69. The number of hydrogen-bond donors (Lipinski definition) is 2. The first-order valence-electron chi connectivity index (χ1n) is 4.90. The number of hydrogen-bond acceptors (Lipinski definition) is 3. The van der Waals surface area contributed by atoms with E-state index in [9.17, 15) is 0 Å². The molecule has 2 aromatic rings. The molecule has 0 bridgehead atoms. The molecule has 1 heterocycles. The Morgan fingerprint density at radius 3 is 2.81 bits per heavy atom. The number of nitrogens with one attached hydrogen (secondary N) is 1. The average Bonchev–Trinajstić information content (AvgIpc) is 2.24. The van der Waals surface area contributed by atoms with E-state index in [1.165, 1.54) is 5.56 Å². The molecule has 16 heavy (non-hydrogen) atoms. The second kappa shape index (κ2) is 4.53. The van der Waals surface area contributed by atoms with Crippen molar-refractivity contribution in [2.24, 2.45) is 0 Å². The second-order valence-corrected chi connectivity index (χ2v) is 4.44. The number of anilines is 3. The van der Waals surface area contributed by atoms with Gasteiger partial charge in [-0.15, -0.1) is 0 Å². The van der Waals surface area contributed by atoms with Crippen molar-refractivity contribution in [3.8, 4) is 0 Å². The number of pyridine rings is 1. The molecule has 4 heteroatoms. The third-order valence-corrected chi connectivity index (χ3v) is 2.86. The van der Waals surface area contributed by atoms with Gasteiger partial charge in [-0.05, 0) is 46.6 Å². The SMILES string of the molecule is Cc1ccc(Br)c(Nc2cc(N)ccn2)c1. The molecule has 0 aliphatic heterocycles. The molecule has 0 amide bonds. The van der Waals surface area contributed by atoms with Crippen LogP contribution in [0.15, 0.2) is 41.0 Å². The normalized spacial score (nSPS) is 10.1. The molecule has 1 aromatic carbocycles. The summed E-state index contributed by atoms with van der Waals surface area (Å²) in [6.45, 7) is 2.05. The molecule has 0 saturated heterocycles. The Morgan fingerprint density at radius 1 is 1.25 bits per heavy atom. The minimum Gasteiger partial charge on any atom is -0.399 e. The fourth-order valence-corrected chi connectivity index (χ4v) is 1.73. The second-order valence-electron chi connectivity index (χ2n) is 3.58. The highest BCUT2D eigenvalue weighted by atomic mass is 79.9. The zero-order valence-electron chi connectivity index (χ0n) is 8.87. The molecule has 0 aliphatic carbocycles. The number of halogens is 1. The third kappa shape index (κ3) is 2.52. The van der Waals surface area contributed by atoms with Crippen LogP contribution in [0.4, 0.5) is 17.2 Å². The van der Waals surface area contributed by atoms with Crippen molar-refractivity contribution in [3.63, 3.8) is 0 Å². The number of rotatable bonds is 2. The van der Waals surface area contributed by atoms with E-state index in [2.05, 4.69) is 32.3 Å². The monoisotopic (exact) mass is 277 g/mol. The fraction of sp³-hybridized carbons (Fsp3) is 0.0833. The van der Waals surface area contributed by atoms with E-state index in [-0.39, 0.29) is 0 Å². The standard InChI is InChI=1S/C12H12BrN3/c1-8-2-3-10(13)11(6-8)16-12-7-9(14)4-5-15-12/h2-7H,1H3,(H3,14,15,16). The zero-order valence-corrected chi connectivity index (χ0v) is 10.5. The van der Waals surface area contributed by atoms with E-state index in [0.29, 0.717) is 5.69 Å². The third-order valence-electron chi connectivity index (χ3n) is 2.17. The maximum atomic E-state index is 5.69. The fourth-order valence-electron chi connectivity index (χ4n) is 1.39. The van der Waals surface area contributed by atoms with E-state index < -0.39 is 0 Å². The van der Waals surface area contributed by atoms with Gasteiger partial charge >= 0.3 is 0 Å². The van der Waals surface area contributed by atoms with E-state index in [1.807, 2.05) is 19.1 Å². The summed E-state index contributed by atoms with van der Waals surface area (Å²) >= 11 is 3.48. The van der Waals surface area contributed by atoms with E-state index in [4.69, 9.17) is 5.73 Å². The van der Waals surface area contributed by atoms with Crippen molar-refractivity contribution in [2.45, 2.75) is 6.92 Å². The van der Waals surface area contributed by atoms with Crippen molar-refractivity contribution in [2.75, 3.05) is 11.1 Å². The molecular formula is C12H12BrN3. The van der Waals surface area contributed by atoms with Gasteiger partial charge in [0, 0.05) is 22.4 Å². The summed E-state index contributed by atoms with van der Waals surface area (Å²) in [6.07, 6.45) is 1.68. The summed E-state index contributed by atoms with van der Waals surface area (Å²) in [5, 5.41) is 3.22. The van der Waals surface area contributed by atoms with Gasteiger partial charge in [0.1, 0.15) is 5.82 Å². The number of nitrogen functional groups attached to an aromatic ring is 1. The van der Waals surface area contributed by atoms with Crippen LogP contribution in [0.1, 0.15) is 5.56 Å². The van der Waals surface area contributed by atoms with E-state index in [1.54, 1.807) is 18.3 Å². The van der Waals surface area contributed by atoms with Crippen LogP contribution in [-0.2, 0) is 0 Å². The van der Waals surface area contributed by atoms with Gasteiger partial charge < -0.3 is 11.1 Å². The number of nitrogens with zero attached hydrogens (tertiary/aromatic N) is 1. The van der Waals surface area contributed by atoms with Crippen LogP contribution in [0.3, 0.4) is 0 Å². The Labute approximate surface area is 103 Å². The van der Waals surface area contributed by atoms with Gasteiger partial charge in [-0.25, -0.2) is 4.98 Å². The van der Waals surface area contributed by atoms with Gasteiger partial charge in [-0.1, -0.05) is 6.07 Å². The lowest BCUT2D eigenvalue weighted by molar-refractivity contribution is 1.30. The Kier molecular flexibility index (Phi) is 3.10. The summed E-state index contributed by atoms with van der Waals surface area (Å²) in [7, 11) is 0. The highest BCUT2D eigenvalue weighted by Crippen LogP contribution is 2.26. The van der Waals surface area contributed by atoms with Crippen LogP contribution in [0.2, 0.25) is 0 Å². The summed E-state index contributed by atoms with van der Waals surface area (Å²) in [5.41, 5.74) is 8.56. The molecule has 0 unspecified atom stereocenters. The average molecular weight is 278 g/mol. The minimum absolute atomic E-state index is 0.696. The molecule has 1 aromatic heterocycles. The highest BCUT2D eigenvalue weighted by molar-refractivity contribution is 9.10. The Balaban J connectivity index is 2.30. The predicted octanol–water partition coefficient (Wildman–Crippen LogP) is 3.48. The quantitative estimate of drug-likeness (QED) is 0.884. The van der Waals surface area contributed by atoms with Gasteiger partial charge in [0.15, 0.2) is 0 Å². The minimum atomic E-state index is 0.696. The van der Waals surface area contributed by atoms with Crippen molar-refractivity contribution in [3.05, 3.63) is 46.6 Å². The van der Waals surface area contributed by atoms with Crippen LogP contribution in [0.5, 0.6) is 0 Å². The molecule has 3 N–H and O–H groups in total. The summed E-state index contributed by atoms with van der Waals surface area (Å²) < 4.78 is 1.00. The smallest absolute Gasteiger partial charge is 0.132 e. The Morgan fingerprint density at radius 2 is 2.06 bits per heavy atom. The molecule has 0 fully saturated rings. The molecule has 0 radical (unpaired) electrons. The van der Waals surface area contributed by atoms with Crippen LogP contribution in [0.25, 0.3) is 0 Å². The molecular weight excluding hydrogens is 266 g/mol. The molecule has 0 saturated carbocycles. The van der Waals surface area contributed by atoms with Crippen LogP contribution >= 0.6 is 15.9 Å².